The average Bonchev–Trinajstić information content (AvgIpc) is 2.81. The second kappa shape index (κ2) is 11.6. The molecular weight excluding hydrogens is 438 g/mol. The maximum atomic E-state index is 13.2. The molecule has 0 spiro atoms. The largest absolute Gasteiger partial charge is 0.508 e. The van der Waals surface area contributed by atoms with Gasteiger partial charge < -0.3 is 21.5 Å². The van der Waals surface area contributed by atoms with Gasteiger partial charge in [0.15, 0.2) is 0 Å². The van der Waals surface area contributed by atoms with E-state index < -0.39 is 11.6 Å². The van der Waals surface area contributed by atoms with E-state index in [2.05, 4.69) is 10.6 Å². The fourth-order valence-electron chi connectivity index (χ4n) is 3.83. The predicted octanol–water partition coefficient (Wildman–Crippen LogP) is 4.41. The Kier molecular flexibility index (Phi) is 8.53. The third-order valence-corrected chi connectivity index (χ3v) is 5.71. The van der Waals surface area contributed by atoms with Crippen LogP contribution in [0, 0.1) is 0 Å². The molecule has 0 aromatic heterocycles. The van der Waals surface area contributed by atoms with Crippen LogP contribution in [0.25, 0.3) is 0 Å². The Morgan fingerprint density at radius 1 is 0.886 bits per heavy atom. The van der Waals surface area contributed by atoms with Crippen LogP contribution in [0.3, 0.4) is 0 Å². The van der Waals surface area contributed by atoms with Crippen LogP contribution in [-0.4, -0.2) is 28.5 Å². The lowest BCUT2D eigenvalue weighted by atomic mass is 9.99. The van der Waals surface area contributed by atoms with Crippen molar-refractivity contribution in [2.75, 3.05) is 5.73 Å². The first-order chi connectivity index (χ1) is 16.6. The summed E-state index contributed by atoms with van der Waals surface area (Å²) >= 11 is 0. The van der Waals surface area contributed by atoms with Crippen LogP contribution in [-0.2, 0) is 24.1 Å². The minimum Gasteiger partial charge on any atom is -0.508 e. The van der Waals surface area contributed by atoms with Gasteiger partial charge in [0.05, 0.1) is 0 Å². The van der Waals surface area contributed by atoms with Gasteiger partial charge in [-0.05, 0) is 93.5 Å². The highest BCUT2D eigenvalue weighted by Gasteiger charge is 2.25. The van der Waals surface area contributed by atoms with Crippen LogP contribution in [0.1, 0.15) is 54.2 Å². The average molecular weight is 474 g/mol. The first-order valence-electron chi connectivity index (χ1n) is 11.9. The van der Waals surface area contributed by atoms with Gasteiger partial charge in [-0.2, -0.15) is 0 Å². The lowest BCUT2D eigenvalue weighted by Crippen LogP contribution is -2.52. The molecule has 0 radical (unpaired) electrons. The molecule has 1 atom stereocenters. The summed E-state index contributed by atoms with van der Waals surface area (Å²) in [5.74, 6) is -0.285. The van der Waals surface area contributed by atoms with Crippen molar-refractivity contribution < 1.29 is 14.7 Å². The molecule has 0 bridgehead atoms. The van der Waals surface area contributed by atoms with Crippen LogP contribution in [0.4, 0.5) is 5.69 Å². The van der Waals surface area contributed by atoms with E-state index in [-0.39, 0.29) is 17.6 Å². The summed E-state index contributed by atoms with van der Waals surface area (Å²) in [6.45, 7) is 5.75. The van der Waals surface area contributed by atoms with E-state index in [1.807, 2.05) is 63.2 Å². The quantitative estimate of drug-likeness (QED) is 0.346. The molecule has 0 aliphatic carbocycles. The molecule has 5 N–H and O–H groups in total. The van der Waals surface area contributed by atoms with Gasteiger partial charge in [0.2, 0.25) is 5.91 Å². The van der Waals surface area contributed by atoms with Gasteiger partial charge in [-0.1, -0.05) is 42.5 Å². The Morgan fingerprint density at radius 2 is 1.54 bits per heavy atom. The topological polar surface area (TPSA) is 104 Å². The lowest BCUT2D eigenvalue weighted by molar-refractivity contribution is -0.124. The molecule has 0 fully saturated rings. The minimum absolute atomic E-state index is 0.204. The maximum Gasteiger partial charge on any atom is 0.251 e. The van der Waals surface area contributed by atoms with Crippen LogP contribution in [0.15, 0.2) is 72.8 Å². The zero-order valence-electron chi connectivity index (χ0n) is 20.7. The SMILES string of the molecule is CC(C)(C)NC(=O)C(CCc1ccccc1)NC(=O)c1ccc(N)c(CCc2ccc(O)cc2)c1. The first-order valence-corrected chi connectivity index (χ1v) is 11.9. The van der Waals surface area contributed by atoms with E-state index in [0.717, 1.165) is 23.1 Å². The van der Waals surface area contributed by atoms with Crippen molar-refractivity contribution in [3.05, 3.63) is 95.1 Å². The number of hydrogen-bond acceptors (Lipinski definition) is 4. The predicted molar refractivity (Wildman–Crippen MR) is 140 cm³/mol. The van der Waals surface area contributed by atoms with Crippen molar-refractivity contribution in [2.45, 2.75) is 58.0 Å². The Morgan fingerprint density at radius 3 is 2.20 bits per heavy atom. The molecule has 35 heavy (non-hydrogen) atoms. The van der Waals surface area contributed by atoms with Crippen molar-refractivity contribution in [1.82, 2.24) is 10.6 Å². The number of nitrogens with one attached hydrogen (secondary N) is 2. The van der Waals surface area contributed by atoms with Crippen molar-refractivity contribution >= 4 is 17.5 Å². The fourth-order valence-corrected chi connectivity index (χ4v) is 3.83. The molecule has 3 aromatic carbocycles. The van der Waals surface area contributed by atoms with Crippen LogP contribution in [0.2, 0.25) is 0 Å². The zero-order chi connectivity index (χ0) is 25.4. The Bertz CT molecular complexity index is 1140. The highest BCUT2D eigenvalue weighted by molar-refractivity contribution is 5.98. The summed E-state index contributed by atoms with van der Waals surface area (Å²) in [6, 6.07) is 21.5. The number of anilines is 1. The molecule has 3 rings (SSSR count). The Labute approximate surface area is 207 Å². The molecule has 0 aliphatic heterocycles. The van der Waals surface area contributed by atoms with Gasteiger partial charge in [0, 0.05) is 16.8 Å². The van der Waals surface area contributed by atoms with Gasteiger partial charge in [-0.15, -0.1) is 0 Å². The third kappa shape index (κ3) is 8.18. The standard InChI is InChI=1S/C29H35N3O3/c1-29(2,3)32-28(35)26(18-12-20-7-5-4-6-8-20)31-27(34)23-14-17-25(30)22(19-23)13-9-21-10-15-24(33)16-11-21/h4-8,10-11,14-17,19,26,33H,9,12-13,18,30H2,1-3H3,(H,31,34)(H,32,35). The number of aryl methyl sites for hydroxylation is 3. The number of phenols is 1. The van der Waals surface area contributed by atoms with Gasteiger partial charge in [-0.3, -0.25) is 9.59 Å². The molecule has 6 heteroatoms. The number of amides is 2. The van der Waals surface area contributed by atoms with Crippen LogP contribution in [0.5, 0.6) is 5.75 Å². The monoisotopic (exact) mass is 473 g/mol. The number of nitrogens with two attached hydrogens (primary N) is 1. The molecule has 0 saturated heterocycles. The highest BCUT2D eigenvalue weighted by Crippen LogP contribution is 2.19. The minimum atomic E-state index is -0.667. The van der Waals surface area contributed by atoms with Crippen molar-refractivity contribution in [2.24, 2.45) is 0 Å². The summed E-state index contributed by atoms with van der Waals surface area (Å²) in [5, 5.41) is 15.4. The maximum absolute atomic E-state index is 13.2. The third-order valence-electron chi connectivity index (χ3n) is 5.71. The summed E-state index contributed by atoms with van der Waals surface area (Å²) in [7, 11) is 0. The lowest BCUT2D eigenvalue weighted by Gasteiger charge is -2.25. The number of nitrogen functional groups attached to an aromatic ring is 1. The molecular formula is C29H35N3O3. The van der Waals surface area contributed by atoms with E-state index in [9.17, 15) is 14.7 Å². The molecule has 3 aromatic rings. The van der Waals surface area contributed by atoms with E-state index >= 15 is 0 Å². The summed E-state index contributed by atoms with van der Waals surface area (Å²) < 4.78 is 0. The molecule has 184 valence electrons. The number of benzene rings is 3. The van der Waals surface area contributed by atoms with E-state index in [4.69, 9.17) is 5.73 Å². The molecule has 2 amide bonds. The Hall–Kier alpha value is -3.80. The van der Waals surface area contributed by atoms with E-state index in [1.165, 1.54) is 0 Å². The van der Waals surface area contributed by atoms with E-state index in [0.29, 0.717) is 30.5 Å². The highest BCUT2D eigenvalue weighted by atomic mass is 16.3. The summed E-state index contributed by atoms with van der Waals surface area (Å²) in [5.41, 5.74) is 9.89. The first kappa shape index (κ1) is 25.8. The number of aromatic hydroxyl groups is 1. The summed E-state index contributed by atoms with van der Waals surface area (Å²) in [4.78, 5) is 26.1. The van der Waals surface area contributed by atoms with Crippen molar-refractivity contribution in [1.29, 1.82) is 0 Å². The van der Waals surface area contributed by atoms with Gasteiger partial charge >= 0.3 is 0 Å². The van der Waals surface area contributed by atoms with Crippen LogP contribution >= 0.6 is 0 Å². The smallest absolute Gasteiger partial charge is 0.251 e. The number of phenolic OH excluding ortho intramolecular Hbond substituents is 1. The molecule has 0 heterocycles. The van der Waals surface area contributed by atoms with Gasteiger partial charge in [0.1, 0.15) is 11.8 Å². The molecule has 0 aliphatic rings. The number of rotatable bonds is 9. The molecule has 0 saturated carbocycles. The molecule has 1 unspecified atom stereocenters. The summed E-state index contributed by atoms with van der Waals surface area (Å²) in [6.07, 6.45) is 2.53. The van der Waals surface area contributed by atoms with E-state index in [1.54, 1.807) is 30.3 Å². The normalized spacial score (nSPS) is 12.1. The second-order valence-electron chi connectivity index (χ2n) is 9.87. The van der Waals surface area contributed by atoms with Gasteiger partial charge in [-0.25, -0.2) is 0 Å². The number of hydrogen-bond donors (Lipinski definition) is 4. The number of carbonyl (C=O) groups excluding carboxylic acids is 2. The van der Waals surface area contributed by atoms with Gasteiger partial charge in [0.25, 0.3) is 5.91 Å². The van der Waals surface area contributed by atoms with Crippen molar-refractivity contribution in [3.8, 4) is 5.75 Å². The molecule has 6 nitrogen and oxygen atoms in total. The number of carbonyl (C=O) groups is 2. The fraction of sp³-hybridized carbons (Fsp3) is 0.310. The Balaban J connectivity index is 1.71. The van der Waals surface area contributed by atoms with Crippen LogP contribution < -0.4 is 16.4 Å². The zero-order valence-corrected chi connectivity index (χ0v) is 20.7. The van der Waals surface area contributed by atoms with Crippen molar-refractivity contribution in [3.63, 3.8) is 0 Å². The second-order valence-corrected chi connectivity index (χ2v) is 9.87.